The average molecular weight is 274 g/mol. The zero-order valence-electron chi connectivity index (χ0n) is 7.80. The topological polar surface area (TPSA) is 38.3 Å². The Morgan fingerprint density at radius 1 is 1.53 bits per heavy atom. The minimum atomic E-state index is -0.495. The number of amides is 1. The minimum absolute atomic E-state index is 0.302. The van der Waals surface area contributed by atoms with Crippen LogP contribution in [0.3, 0.4) is 0 Å². The second-order valence-electron chi connectivity index (χ2n) is 3.29. The third-order valence-electron chi connectivity index (χ3n) is 2.27. The molecule has 1 aromatic carbocycles. The number of carbonyl (C=O) groups is 1. The van der Waals surface area contributed by atoms with E-state index in [1.54, 1.807) is 12.1 Å². The van der Waals surface area contributed by atoms with Gasteiger partial charge in [-0.3, -0.25) is 0 Å². The number of carbonyl (C=O) groups excluding carboxylic acids is 1. The molecule has 1 amide bonds. The summed E-state index contributed by atoms with van der Waals surface area (Å²) in [4.78, 5) is 11.0. The number of hydrogen-bond donors (Lipinski definition) is 1. The van der Waals surface area contributed by atoms with Gasteiger partial charge in [-0.25, -0.2) is 9.18 Å². The van der Waals surface area contributed by atoms with Crippen LogP contribution in [0.25, 0.3) is 0 Å². The molecule has 1 aliphatic rings. The molecule has 1 N–H and O–H groups in total. The van der Waals surface area contributed by atoms with Crippen molar-refractivity contribution in [1.29, 1.82) is 0 Å². The van der Waals surface area contributed by atoms with Crippen molar-refractivity contribution >= 4 is 22.0 Å². The van der Waals surface area contributed by atoms with Crippen LogP contribution < -0.4 is 5.32 Å². The summed E-state index contributed by atoms with van der Waals surface area (Å²) in [6.45, 7) is 0.322. The summed E-state index contributed by atoms with van der Waals surface area (Å²) in [7, 11) is 0. The predicted molar refractivity (Wildman–Crippen MR) is 55.9 cm³/mol. The summed E-state index contributed by atoms with van der Waals surface area (Å²) in [6, 6.07) is 4.37. The SMILES string of the molecule is O=C1N[C@@H](c2cc(Br)ccc2F)CCO1. The highest BCUT2D eigenvalue weighted by Gasteiger charge is 2.23. The van der Waals surface area contributed by atoms with Gasteiger partial charge in [-0.1, -0.05) is 15.9 Å². The first-order valence-corrected chi connectivity index (χ1v) is 5.34. The number of benzene rings is 1. The first-order chi connectivity index (χ1) is 7.16. The maximum atomic E-state index is 13.5. The molecule has 80 valence electrons. The smallest absolute Gasteiger partial charge is 0.407 e. The Kier molecular flexibility index (Phi) is 2.90. The van der Waals surface area contributed by atoms with Crippen LogP contribution in [0.4, 0.5) is 9.18 Å². The number of hydrogen-bond acceptors (Lipinski definition) is 2. The van der Waals surface area contributed by atoms with Crippen LogP contribution in [-0.2, 0) is 4.74 Å². The highest BCUT2D eigenvalue weighted by atomic mass is 79.9. The summed E-state index contributed by atoms with van der Waals surface area (Å²) in [5.74, 6) is -0.314. The van der Waals surface area contributed by atoms with Gasteiger partial charge in [-0.2, -0.15) is 0 Å². The highest BCUT2D eigenvalue weighted by Crippen LogP contribution is 2.25. The molecule has 1 aliphatic heterocycles. The van der Waals surface area contributed by atoms with Crippen molar-refractivity contribution in [3.05, 3.63) is 34.1 Å². The van der Waals surface area contributed by atoms with E-state index in [2.05, 4.69) is 21.2 Å². The summed E-state index contributed by atoms with van der Waals surface area (Å²) in [5, 5.41) is 2.58. The van der Waals surface area contributed by atoms with Crippen molar-refractivity contribution in [2.75, 3.05) is 6.61 Å². The van der Waals surface area contributed by atoms with E-state index in [1.807, 2.05) is 0 Å². The second-order valence-corrected chi connectivity index (χ2v) is 4.20. The number of rotatable bonds is 1. The Balaban J connectivity index is 2.27. The Bertz CT molecular complexity index is 397. The lowest BCUT2D eigenvalue weighted by Gasteiger charge is -2.24. The van der Waals surface area contributed by atoms with E-state index in [4.69, 9.17) is 4.74 Å². The Morgan fingerprint density at radius 2 is 2.33 bits per heavy atom. The zero-order chi connectivity index (χ0) is 10.8. The quantitative estimate of drug-likeness (QED) is 0.855. The van der Waals surface area contributed by atoms with E-state index in [-0.39, 0.29) is 11.9 Å². The zero-order valence-corrected chi connectivity index (χ0v) is 9.38. The second kappa shape index (κ2) is 4.18. The molecule has 1 aromatic rings. The molecule has 3 nitrogen and oxygen atoms in total. The van der Waals surface area contributed by atoms with Crippen LogP contribution in [-0.4, -0.2) is 12.7 Å². The lowest BCUT2D eigenvalue weighted by atomic mass is 10.0. The largest absolute Gasteiger partial charge is 0.449 e. The molecule has 1 fully saturated rings. The third-order valence-corrected chi connectivity index (χ3v) is 2.76. The number of ether oxygens (including phenoxy) is 1. The number of nitrogens with one attached hydrogen (secondary N) is 1. The first-order valence-electron chi connectivity index (χ1n) is 4.55. The van der Waals surface area contributed by atoms with Crippen molar-refractivity contribution in [2.45, 2.75) is 12.5 Å². The molecule has 5 heteroatoms. The number of cyclic esters (lactones) is 1. The van der Waals surface area contributed by atoms with Crippen molar-refractivity contribution < 1.29 is 13.9 Å². The van der Waals surface area contributed by atoms with Crippen molar-refractivity contribution in [2.24, 2.45) is 0 Å². The highest BCUT2D eigenvalue weighted by molar-refractivity contribution is 9.10. The maximum Gasteiger partial charge on any atom is 0.407 e. The van der Waals surface area contributed by atoms with Crippen LogP contribution in [0.1, 0.15) is 18.0 Å². The van der Waals surface area contributed by atoms with Crippen LogP contribution in [0.15, 0.2) is 22.7 Å². The van der Waals surface area contributed by atoms with E-state index in [1.165, 1.54) is 6.07 Å². The Hall–Kier alpha value is -1.10. The molecule has 2 rings (SSSR count). The lowest BCUT2D eigenvalue weighted by molar-refractivity contribution is 0.115. The van der Waals surface area contributed by atoms with Crippen LogP contribution in [0, 0.1) is 5.82 Å². The van der Waals surface area contributed by atoms with Gasteiger partial charge in [0.15, 0.2) is 0 Å². The molecule has 0 saturated carbocycles. The Morgan fingerprint density at radius 3 is 3.07 bits per heavy atom. The Labute approximate surface area is 94.7 Å². The van der Waals surface area contributed by atoms with Crippen LogP contribution in [0.5, 0.6) is 0 Å². The number of halogens is 2. The molecule has 0 aliphatic carbocycles. The fourth-order valence-electron chi connectivity index (χ4n) is 1.54. The van der Waals surface area contributed by atoms with Gasteiger partial charge in [0.05, 0.1) is 12.6 Å². The van der Waals surface area contributed by atoms with Crippen molar-refractivity contribution in [3.63, 3.8) is 0 Å². The molecule has 1 heterocycles. The van der Waals surface area contributed by atoms with Gasteiger partial charge in [-0.15, -0.1) is 0 Å². The molecule has 0 aromatic heterocycles. The van der Waals surface area contributed by atoms with E-state index in [0.717, 1.165) is 4.47 Å². The van der Waals surface area contributed by atoms with E-state index in [9.17, 15) is 9.18 Å². The van der Waals surface area contributed by atoms with Crippen molar-refractivity contribution in [1.82, 2.24) is 5.32 Å². The molecule has 0 bridgehead atoms. The standard InChI is InChI=1S/C10H9BrFNO2/c11-6-1-2-8(12)7(5-6)9-3-4-15-10(14)13-9/h1-2,5,9H,3-4H2,(H,13,14)/t9-/m1/s1. The van der Waals surface area contributed by atoms with Gasteiger partial charge in [0.25, 0.3) is 0 Å². The molecule has 1 atom stereocenters. The molecule has 0 spiro atoms. The van der Waals surface area contributed by atoms with E-state index in [0.29, 0.717) is 18.6 Å². The summed E-state index contributed by atoms with van der Waals surface area (Å²) < 4.78 is 19.0. The van der Waals surface area contributed by atoms with Crippen LogP contribution >= 0.6 is 15.9 Å². The molecule has 15 heavy (non-hydrogen) atoms. The number of alkyl carbamates (subject to hydrolysis) is 1. The fraction of sp³-hybridized carbons (Fsp3) is 0.300. The minimum Gasteiger partial charge on any atom is -0.449 e. The van der Waals surface area contributed by atoms with E-state index < -0.39 is 6.09 Å². The summed E-state index contributed by atoms with van der Waals surface area (Å²) >= 11 is 3.27. The molecular formula is C10H9BrFNO2. The molecule has 1 saturated heterocycles. The maximum absolute atomic E-state index is 13.5. The van der Waals surface area contributed by atoms with Gasteiger partial charge >= 0.3 is 6.09 Å². The summed E-state index contributed by atoms with van der Waals surface area (Å²) in [5.41, 5.74) is 0.487. The summed E-state index contributed by atoms with van der Waals surface area (Å²) in [6.07, 6.45) is 0.0877. The van der Waals surface area contributed by atoms with Crippen LogP contribution in [0.2, 0.25) is 0 Å². The molecule has 0 radical (unpaired) electrons. The van der Waals surface area contributed by atoms with Gasteiger partial charge < -0.3 is 10.1 Å². The van der Waals surface area contributed by atoms with Gasteiger partial charge in [-0.05, 0) is 18.2 Å². The normalized spacial score (nSPS) is 20.7. The van der Waals surface area contributed by atoms with Gasteiger partial charge in [0.1, 0.15) is 5.82 Å². The predicted octanol–water partition coefficient (Wildman–Crippen LogP) is 2.76. The van der Waals surface area contributed by atoms with Crippen molar-refractivity contribution in [3.8, 4) is 0 Å². The third kappa shape index (κ3) is 2.28. The average Bonchev–Trinajstić information content (AvgIpc) is 2.22. The van der Waals surface area contributed by atoms with Gasteiger partial charge in [0.2, 0.25) is 0 Å². The fourth-order valence-corrected chi connectivity index (χ4v) is 1.92. The van der Waals surface area contributed by atoms with E-state index >= 15 is 0 Å². The van der Waals surface area contributed by atoms with Gasteiger partial charge in [0, 0.05) is 16.5 Å². The first kappa shape index (κ1) is 10.4. The molecular weight excluding hydrogens is 265 g/mol. The molecule has 0 unspecified atom stereocenters. The monoisotopic (exact) mass is 273 g/mol. The lowest BCUT2D eigenvalue weighted by Crippen LogP contribution is -2.35.